The van der Waals surface area contributed by atoms with Gasteiger partial charge < -0.3 is 4.74 Å². The van der Waals surface area contributed by atoms with Crippen molar-refractivity contribution < 1.29 is 23.3 Å². The molecule has 2 fully saturated rings. The van der Waals surface area contributed by atoms with Gasteiger partial charge in [-0.05, 0) is 48.6 Å². The third-order valence-corrected chi connectivity index (χ3v) is 6.11. The molecule has 3 aromatic carbocycles. The second-order valence-corrected chi connectivity index (χ2v) is 7.99. The zero-order valence-electron chi connectivity index (χ0n) is 16.4. The molecule has 0 aromatic heterocycles. The molecule has 0 unspecified atom stereocenters. The highest BCUT2D eigenvalue weighted by molar-refractivity contribution is 5.35. The molecule has 5 rings (SSSR count). The minimum Gasteiger partial charge on any atom is -0.304 e. The Hall–Kier alpha value is -2.60. The molecule has 0 atom stereocenters. The Bertz CT molecular complexity index is 949. The summed E-state index contributed by atoms with van der Waals surface area (Å²) in [5.74, 6) is -2.54. The van der Waals surface area contributed by atoms with Crippen molar-refractivity contribution in [3.05, 3.63) is 107 Å². The highest BCUT2D eigenvalue weighted by Gasteiger charge is 2.56. The van der Waals surface area contributed by atoms with Gasteiger partial charge in [-0.3, -0.25) is 0 Å². The van der Waals surface area contributed by atoms with Gasteiger partial charge in [0.25, 0.3) is 5.79 Å². The molecule has 0 amide bonds. The summed E-state index contributed by atoms with van der Waals surface area (Å²) in [6.07, 6.45) is 3.12. The smallest absolute Gasteiger partial charge is 0.256 e. The molecule has 1 saturated carbocycles. The molecule has 3 aromatic rings. The maximum absolute atomic E-state index is 13.5. The zero-order valence-corrected chi connectivity index (χ0v) is 16.4. The van der Waals surface area contributed by atoms with Crippen molar-refractivity contribution in [2.75, 3.05) is 0 Å². The van der Waals surface area contributed by atoms with Crippen LogP contribution >= 0.6 is 0 Å². The van der Waals surface area contributed by atoms with Crippen molar-refractivity contribution in [3.8, 4) is 0 Å². The maximum atomic E-state index is 13.5. The molecule has 30 heavy (non-hydrogen) atoms. The number of halogens is 2. The van der Waals surface area contributed by atoms with E-state index in [4.69, 9.17) is 14.5 Å². The molecule has 5 heteroatoms. The van der Waals surface area contributed by atoms with Crippen LogP contribution in [0.15, 0.2) is 78.9 Å². The van der Waals surface area contributed by atoms with Gasteiger partial charge in [0.1, 0.15) is 11.6 Å². The molecule has 1 saturated heterocycles. The molecular formula is C25H22F2O3. The van der Waals surface area contributed by atoms with Crippen molar-refractivity contribution in [3.63, 3.8) is 0 Å². The van der Waals surface area contributed by atoms with E-state index in [2.05, 4.69) is 24.3 Å². The Morgan fingerprint density at radius 2 is 1.20 bits per heavy atom. The summed E-state index contributed by atoms with van der Waals surface area (Å²) in [5, 5.41) is 0. The van der Waals surface area contributed by atoms with Crippen LogP contribution in [-0.4, -0.2) is 5.79 Å². The van der Waals surface area contributed by atoms with Crippen molar-refractivity contribution >= 4 is 0 Å². The largest absolute Gasteiger partial charge is 0.304 e. The van der Waals surface area contributed by atoms with Crippen LogP contribution in [0.3, 0.4) is 0 Å². The quantitative estimate of drug-likeness (QED) is 0.483. The van der Waals surface area contributed by atoms with E-state index in [1.807, 2.05) is 6.07 Å². The fourth-order valence-corrected chi connectivity index (χ4v) is 4.45. The molecule has 1 aliphatic heterocycles. The first kappa shape index (κ1) is 19.4. The normalized spacial score (nSPS) is 25.5. The molecule has 0 N–H and O–H groups in total. The number of hydrogen-bond acceptors (Lipinski definition) is 3. The van der Waals surface area contributed by atoms with Crippen LogP contribution in [0.25, 0.3) is 0 Å². The Balaban J connectivity index is 1.44. The Morgan fingerprint density at radius 3 is 1.73 bits per heavy atom. The van der Waals surface area contributed by atoms with Gasteiger partial charge in [-0.15, -0.1) is 0 Å². The standard InChI is InChI=1S/C25H22F2O3/c26-22-10-6-20(7-11-22)25(21-8-12-23(27)13-9-21)28-24(29-30-25)16-14-19(15-17-24)18-4-2-1-3-5-18/h1-13,19H,14-17H2. The second-order valence-electron chi connectivity index (χ2n) is 7.99. The first-order chi connectivity index (χ1) is 14.6. The fourth-order valence-electron chi connectivity index (χ4n) is 4.45. The van der Waals surface area contributed by atoms with Gasteiger partial charge in [0.2, 0.25) is 5.79 Å². The Morgan fingerprint density at radius 1 is 0.667 bits per heavy atom. The van der Waals surface area contributed by atoms with Crippen LogP contribution in [0.4, 0.5) is 8.78 Å². The van der Waals surface area contributed by atoms with Crippen LogP contribution in [0, 0.1) is 11.6 Å². The van der Waals surface area contributed by atoms with Gasteiger partial charge in [-0.1, -0.05) is 54.6 Å². The minimum absolute atomic E-state index is 0.356. The predicted molar refractivity (Wildman–Crippen MR) is 107 cm³/mol. The lowest BCUT2D eigenvalue weighted by Crippen LogP contribution is -2.38. The SMILES string of the molecule is Fc1ccc(C2(c3ccc(F)cc3)OOC3(CCC(c4ccccc4)CC3)O2)cc1. The number of hydrogen-bond donors (Lipinski definition) is 0. The second kappa shape index (κ2) is 7.58. The zero-order chi connectivity index (χ0) is 20.6. The van der Waals surface area contributed by atoms with Crippen LogP contribution in [0.1, 0.15) is 48.3 Å². The molecule has 1 heterocycles. The third-order valence-electron chi connectivity index (χ3n) is 6.11. The van der Waals surface area contributed by atoms with E-state index in [9.17, 15) is 8.78 Å². The summed E-state index contributed by atoms with van der Waals surface area (Å²) in [7, 11) is 0. The first-order valence-corrected chi connectivity index (χ1v) is 10.2. The monoisotopic (exact) mass is 408 g/mol. The lowest BCUT2D eigenvalue weighted by molar-refractivity contribution is -0.351. The van der Waals surface area contributed by atoms with Gasteiger partial charge in [0.15, 0.2) is 0 Å². The highest BCUT2D eigenvalue weighted by atomic mass is 19.1. The van der Waals surface area contributed by atoms with E-state index < -0.39 is 11.6 Å². The molecule has 2 aliphatic rings. The summed E-state index contributed by atoms with van der Waals surface area (Å²) in [6, 6.07) is 22.3. The van der Waals surface area contributed by atoms with Crippen molar-refractivity contribution in [2.45, 2.75) is 43.2 Å². The van der Waals surface area contributed by atoms with E-state index in [1.165, 1.54) is 29.8 Å². The number of benzene rings is 3. The van der Waals surface area contributed by atoms with Crippen molar-refractivity contribution in [1.29, 1.82) is 0 Å². The molecule has 0 radical (unpaired) electrons. The maximum Gasteiger partial charge on any atom is 0.256 e. The van der Waals surface area contributed by atoms with E-state index in [0.29, 0.717) is 29.9 Å². The van der Waals surface area contributed by atoms with E-state index in [-0.39, 0.29) is 11.6 Å². The van der Waals surface area contributed by atoms with Crippen LogP contribution in [-0.2, 0) is 20.3 Å². The average Bonchev–Trinajstić information content (AvgIpc) is 3.16. The fraction of sp³-hybridized carbons (Fsp3) is 0.280. The topological polar surface area (TPSA) is 27.7 Å². The first-order valence-electron chi connectivity index (χ1n) is 10.2. The molecule has 1 spiro atoms. The Labute approximate surface area is 174 Å². The Kier molecular flexibility index (Phi) is 4.89. The van der Waals surface area contributed by atoms with E-state index in [1.54, 1.807) is 24.3 Å². The molecular weight excluding hydrogens is 386 g/mol. The van der Waals surface area contributed by atoms with E-state index in [0.717, 1.165) is 12.8 Å². The minimum atomic E-state index is -1.37. The summed E-state index contributed by atoms with van der Waals surface area (Å²) in [4.78, 5) is 11.7. The van der Waals surface area contributed by atoms with Gasteiger partial charge in [0.05, 0.1) is 0 Å². The van der Waals surface area contributed by atoms with Gasteiger partial charge in [-0.25, -0.2) is 8.78 Å². The summed E-state index contributed by atoms with van der Waals surface area (Å²) in [5.41, 5.74) is 2.50. The molecule has 3 nitrogen and oxygen atoms in total. The van der Waals surface area contributed by atoms with Gasteiger partial charge >= 0.3 is 0 Å². The third kappa shape index (κ3) is 3.43. The average molecular weight is 408 g/mol. The number of ether oxygens (including phenoxy) is 1. The van der Waals surface area contributed by atoms with Crippen molar-refractivity contribution in [2.24, 2.45) is 0 Å². The van der Waals surface area contributed by atoms with Gasteiger partial charge in [-0.2, -0.15) is 9.78 Å². The van der Waals surface area contributed by atoms with Crippen LogP contribution in [0.5, 0.6) is 0 Å². The molecule has 154 valence electrons. The summed E-state index contributed by atoms with van der Waals surface area (Å²) < 4.78 is 33.6. The van der Waals surface area contributed by atoms with Gasteiger partial charge in [0, 0.05) is 24.0 Å². The number of rotatable bonds is 3. The highest BCUT2D eigenvalue weighted by Crippen LogP contribution is 2.52. The summed E-state index contributed by atoms with van der Waals surface area (Å²) in [6.45, 7) is 0. The molecule has 1 aliphatic carbocycles. The lowest BCUT2D eigenvalue weighted by atomic mass is 9.81. The molecule has 0 bridgehead atoms. The summed E-state index contributed by atoms with van der Waals surface area (Å²) >= 11 is 0. The lowest BCUT2D eigenvalue weighted by Gasteiger charge is -2.35. The predicted octanol–water partition coefficient (Wildman–Crippen LogP) is 6.20. The van der Waals surface area contributed by atoms with E-state index >= 15 is 0 Å². The van der Waals surface area contributed by atoms with Crippen LogP contribution < -0.4 is 0 Å². The van der Waals surface area contributed by atoms with Crippen molar-refractivity contribution in [1.82, 2.24) is 0 Å². The van der Waals surface area contributed by atoms with Crippen LogP contribution in [0.2, 0.25) is 0 Å².